The van der Waals surface area contributed by atoms with Crippen molar-refractivity contribution in [1.29, 1.82) is 0 Å². The van der Waals surface area contributed by atoms with Crippen molar-refractivity contribution in [3.05, 3.63) is 0 Å². The number of fused-ring (bicyclic) bond motifs is 3. The van der Waals surface area contributed by atoms with Crippen LogP contribution in [0, 0.1) is 11.8 Å². The summed E-state index contributed by atoms with van der Waals surface area (Å²) in [6.45, 7) is 8.63. The fourth-order valence-electron chi connectivity index (χ4n) is 8.83. The van der Waals surface area contributed by atoms with Gasteiger partial charge in [-0.25, -0.2) is 0 Å². The maximum absolute atomic E-state index is 13.7. The van der Waals surface area contributed by atoms with E-state index in [-0.39, 0.29) is 23.8 Å². The van der Waals surface area contributed by atoms with Gasteiger partial charge in [0.2, 0.25) is 0 Å². The number of hydrogen-bond acceptors (Lipinski definition) is 8. The molecule has 3 aliphatic carbocycles. The summed E-state index contributed by atoms with van der Waals surface area (Å²) >= 11 is 0. The summed E-state index contributed by atoms with van der Waals surface area (Å²) in [5, 5.41) is 0. The SMILES string of the molecule is CCCC(CCC)CC(=O)OC1C(OC(=O)CC(CCC)CCC)[C@@H]2OC3(CCCCC3)O[C@H]2[C@H]2OC3(CCCCC3)O[C@@H]12. The van der Waals surface area contributed by atoms with Crippen molar-refractivity contribution in [3.8, 4) is 0 Å². The third-order valence-corrected chi connectivity index (χ3v) is 10.8. The monoisotopic (exact) mass is 620 g/mol. The molecule has 2 spiro atoms. The van der Waals surface area contributed by atoms with Crippen molar-refractivity contribution >= 4 is 11.9 Å². The fraction of sp³-hybridized carbons (Fsp3) is 0.944. The van der Waals surface area contributed by atoms with Crippen LogP contribution in [0.25, 0.3) is 0 Å². The third-order valence-electron chi connectivity index (χ3n) is 10.8. The molecule has 252 valence electrons. The minimum absolute atomic E-state index is 0.255. The molecule has 0 N–H and O–H groups in total. The molecule has 2 heterocycles. The Morgan fingerprint density at radius 1 is 0.545 bits per heavy atom. The fourth-order valence-corrected chi connectivity index (χ4v) is 8.83. The lowest BCUT2D eigenvalue weighted by Gasteiger charge is -2.42. The molecule has 2 unspecified atom stereocenters. The topological polar surface area (TPSA) is 89.5 Å². The van der Waals surface area contributed by atoms with Gasteiger partial charge in [-0.15, -0.1) is 0 Å². The third kappa shape index (κ3) is 7.83. The van der Waals surface area contributed by atoms with Gasteiger partial charge in [-0.3, -0.25) is 9.59 Å². The molecule has 5 rings (SSSR count). The van der Waals surface area contributed by atoms with E-state index in [0.29, 0.717) is 12.8 Å². The Morgan fingerprint density at radius 2 is 0.864 bits per heavy atom. The van der Waals surface area contributed by atoms with Crippen LogP contribution in [0.1, 0.15) is 156 Å². The van der Waals surface area contributed by atoms with Crippen LogP contribution >= 0.6 is 0 Å². The van der Waals surface area contributed by atoms with Crippen LogP contribution in [0.5, 0.6) is 0 Å². The highest BCUT2D eigenvalue weighted by Gasteiger charge is 2.68. The Bertz CT molecular complexity index is 839. The second kappa shape index (κ2) is 15.6. The maximum Gasteiger partial charge on any atom is 0.306 e. The van der Waals surface area contributed by atoms with Crippen molar-refractivity contribution in [3.63, 3.8) is 0 Å². The Hall–Kier alpha value is -1.22. The molecule has 0 amide bonds. The van der Waals surface area contributed by atoms with Crippen LogP contribution in [0.4, 0.5) is 0 Å². The van der Waals surface area contributed by atoms with Gasteiger partial charge in [-0.05, 0) is 37.5 Å². The van der Waals surface area contributed by atoms with Crippen LogP contribution in [-0.2, 0) is 38.0 Å². The molecule has 2 aliphatic heterocycles. The highest BCUT2D eigenvalue weighted by Crippen LogP contribution is 2.52. The summed E-state index contributed by atoms with van der Waals surface area (Å²) in [6, 6.07) is 0. The van der Waals surface area contributed by atoms with Crippen LogP contribution in [-0.4, -0.2) is 60.1 Å². The smallest absolute Gasteiger partial charge is 0.306 e. The Kier molecular flexibility index (Phi) is 12.1. The van der Waals surface area contributed by atoms with E-state index >= 15 is 0 Å². The van der Waals surface area contributed by atoms with Crippen molar-refractivity contribution in [2.45, 2.75) is 204 Å². The summed E-state index contributed by atoms with van der Waals surface area (Å²) in [5.74, 6) is -1.39. The highest BCUT2D eigenvalue weighted by atomic mass is 16.8. The maximum atomic E-state index is 13.7. The van der Waals surface area contributed by atoms with E-state index in [1.807, 2.05) is 0 Å². The lowest BCUT2D eigenvalue weighted by Crippen LogP contribution is -2.63. The number of rotatable bonds is 14. The van der Waals surface area contributed by atoms with Gasteiger partial charge in [0.25, 0.3) is 0 Å². The van der Waals surface area contributed by atoms with Gasteiger partial charge in [0.15, 0.2) is 23.8 Å². The number of esters is 2. The molecule has 44 heavy (non-hydrogen) atoms. The van der Waals surface area contributed by atoms with Gasteiger partial charge in [-0.2, -0.15) is 0 Å². The molecule has 0 aromatic rings. The molecule has 0 aromatic carbocycles. The normalized spacial score (nSPS) is 32.2. The number of hydrogen-bond donors (Lipinski definition) is 0. The minimum Gasteiger partial charge on any atom is -0.455 e. The largest absolute Gasteiger partial charge is 0.455 e. The van der Waals surface area contributed by atoms with Gasteiger partial charge in [0.05, 0.1) is 0 Å². The molecule has 0 aromatic heterocycles. The second-order valence-corrected chi connectivity index (χ2v) is 14.5. The summed E-state index contributed by atoms with van der Waals surface area (Å²) < 4.78 is 40.1. The first-order chi connectivity index (χ1) is 21.3. The highest BCUT2D eigenvalue weighted by molar-refractivity contribution is 5.71. The Labute approximate surface area is 265 Å². The standard InChI is InChI=1S/C36H60O8/c1-5-15-25(16-6-2)23-27(37)39-29-30(40-28(38)24-26(17-7-3)18-8-4)32-34(44-36(42-32)21-13-10-14-22-36)33-31(29)41-35(43-33)19-11-9-12-20-35/h25-26,29-34H,5-24H2,1-4H3/t29?,30?,31-,32-,33-,34+/m0/s1. The molecule has 8 nitrogen and oxygen atoms in total. The Balaban J connectivity index is 1.44. The predicted molar refractivity (Wildman–Crippen MR) is 167 cm³/mol. The van der Waals surface area contributed by atoms with E-state index in [1.165, 1.54) is 0 Å². The zero-order valence-electron chi connectivity index (χ0n) is 28.0. The van der Waals surface area contributed by atoms with Crippen molar-refractivity contribution in [2.75, 3.05) is 0 Å². The molecule has 8 heteroatoms. The van der Waals surface area contributed by atoms with Crippen molar-refractivity contribution in [2.24, 2.45) is 11.8 Å². The van der Waals surface area contributed by atoms with E-state index in [4.69, 9.17) is 28.4 Å². The summed E-state index contributed by atoms with van der Waals surface area (Å²) in [6.07, 6.45) is 14.8. The van der Waals surface area contributed by atoms with Crippen LogP contribution in [0.3, 0.4) is 0 Å². The lowest BCUT2D eigenvalue weighted by atomic mass is 9.84. The van der Waals surface area contributed by atoms with Gasteiger partial charge in [0.1, 0.15) is 24.4 Å². The van der Waals surface area contributed by atoms with Gasteiger partial charge in [0, 0.05) is 38.5 Å². The molecule has 5 aliphatic rings. The zero-order valence-corrected chi connectivity index (χ0v) is 28.0. The molecule has 2 saturated heterocycles. The average molecular weight is 621 g/mol. The second-order valence-electron chi connectivity index (χ2n) is 14.5. The molecule has 3 saturated carbocycles. The van der Waals surface area contributed by atoms with Crippen LogP contribution in [0.15, 0.2) is 0 Å². The lowest BCUT2D eigenvalue weighted by molar-refractivity contribution is -0.230. The first-order valence-electron chi connectivity index (χ1n) is 18.4. The molecule has 0 radical (unpaired) electrons. The van der Waals surface area contributed by atoms with Gasteiger partial charge < -0.3 is 28.4 Å². The van der Waals surface area contributed by atoms with Crippen molar-refractivity contribution in [1.82, 2.24) is 0 Å². The van der Waals surface area contributed by atoms with E-state index in [1.54, 1.807) is 0 Å². The van der Waals surface area contributed by atoms with Crippen molar-refractivity contribution < 1.29 is 38.0 Å². The van der Waals surface area contributed by atoms with Crippen LogP contribution in [0.2, 0.25) is 0 Å². The number of carbonyl (C=O) groups excluding carboxylic acids is 2. The minimum atomic E-state index is -0.805. The van der Waals surface area contributed by atoms with Gasteiger partial charge in [-0.1, -0.05) is 91.9 Å². The predicted octanol–water partition coefficient (Wildman–Crippen LogP) is 7.93. The number of carbonyl (C=O) groups is 2. The summed E-state index contributed by atoms with van der Waals surface area (Å²) in [5.41, 5.74) is 0. The van der Waals surface area contributed by atoms with Crippen LogP contribution < -0.4 is 0 Å². The zero-order chi connectivity index (χ0) is 31.2. The molecule has 0 bridgehead atoms. The molecular weight excluding hydrogens is 560 g/mol. The van der Waals surface area contributed by atoms with E-state index in [0.717, 1.165) is 116 Å². The summed E-state index contributed by atoms with van der Waals surface area (Å²) in [7, 11) is 0. The molecular formula is C36H60O8. The van der Waals surface area contributed by atoms with E-state index in [2.05, 4.69) is 27.7 Å². The quantitative estimate of drug-likeness (QED) is 0.181. The average Bonchev–Trinajstić information content (AvgIpc) is 3.54. The summed E-state index contributed by atoms with van der Waals surface area (Å²) in [4.78, 5) is 27.3. The number of ether oxygens (including phenoxy) is 6. The van der Waals surface area contributed by atoms with Gasteiger partial charge >= 0.3 is 11.9 Å². The van der Waals surface area contributed by atoms with E-state index in [9.17, 15) is 9.59 Å². The molecule has 5 fully saturated rings. The Morgan fingerprint density at radius 3 is 1.18 bits per heavy atom. The first-order valence-corrected chi connectivity index (χ1v) is 18.4. The molecule has 6 atom stereocenters. The first kappa shape index (κ1) is 34.1. The van der Waals surface area contributed by atoms with E-state index < -0.39 is 48.2 Å².